The van der Waals surface area contributed by atoms with Gasteiger partial charge in [0.15, 0.2) is 0 Å². The van der Waals surface area contributed by atoms with Gasteiger partial charge in [0.2, 0.25) is 0 Å². The Kier molecular flexibility index (Phi) is 1.43. The van der Waals surface area contributed by atoms with Gasteiger partial charge in [-0.15, -0.1) is 0 Å². The third-order valence-corrected chi connectivity index (χ3v) is 2.58. The highest BCUT2D eigenvalue weighted by Crippen LogP contribution is 2.39. The molecule has 1 aromatic heterocycles. The molecule has 1 fully saturated rings. The number of aromatic nitrogens is 2. The summed E-state index contributed by atoms with van der Waals surface area (Å²) < 4.78 is 1.69. The molecule has 0 amide bonds. The molecule has 1 N–H and O–H groups in total. The van der Waals surface area contributed by atoms with E-state index < -0.39 is 11.5 Å². The van der Waals surface area contributed by atoms with Crippen molar-refractivity contribution in [2.24, 2.45) is 0 Å². The van der Waals surface area contributed by atoms with Crippen LogP contribution in [0.4, 0.5) is 0 Å². The number of carboxylic acids is 1. The Balaban J connectivity index is 2.35. The molecule has 1 aliphatic rings. The van der Waals surface area contributed by atoms with Crippen LogP contribution in [0.1, 0.15) is 19.3 Å². The minimum Gasteiger partial charge on any atom is -0.479 e. The number of imidazole rings is 1. The van der Waals surface area contributed by atoms with E-state index in [1.807, 2.05) is 0 Å². The molecule has 4 nitrogen and oxygen atoms in total. The van der Waals surface area contributed by atoms with Crippen molar-refractivity contribution in [2.75, 3.05) is 0 Å². The van der Waals surface area contributed by atoms with Gasteiger partial charge in [-0.2, -0.15) is 0 Å². The first-order valence-electron chi connectivity index (χ1n) is 3.97. The van der Waals surface area contributed by atoms with Crippen LogP contribution in [0.3, 0.4) is 0 Å². The highest BCUT2D eigenvalue weighted by Gasteiger charge is 2.45. The molecule has 0 saturated heterocycles. The molecule has 0 atom stereocenters. The van der Waals surface area contributed by atoms with Crippen molar-refractivity contribution < 1.29 is 9.90 Å². The normalized spacial score (nSPS) is 20.0. The summed E-state index contributed by atoms with van der Waals surface area (Å²) in [5.74, 6) is -0.744. The fraction of sp³-hybridized carbons (Fsp3) is 0.500. The van der Waals surface area contributed by atoms with Crippen molar-refractivity contribution in [2.45, 2.75) is 24.8 Å². The van der Waals surface area contributed by atoms with E-state index in [0.29, 0.717) is 0 Å². The summed E-state index contributed by atoms with van der Waals surface area (Å²) in [5, 5.41) is 9.01. The second-order valence-corrected chi connectivity index (χ2v) is 3.16. The summed E-state index contributed by atoms with van der Waals surface area (Å²) in [5.41, 5.74) is -0.684. The summed E-state index contributed by atoms with van der Waals surface area (Å²) in [6, 6.07) is 0. The van der Waals surface area contributed by atoms with Crippen molar-refractivity contribution in [3.63, 3.8) is 0 Å². The highest BCUT2D eigenvalue weighted by molar-refractivity contribution is 5.77. The molecule has 0 radical (unpaired) electrons. The van der Waals surface area contributed by atoms with Gasteiger partial charge in [-0.05, 0) is 19.3 Å². The first-order chi connectivity index (χ1) is 5.76. The molecule has 0 aliphatic heterocycles. The van der Waals surface area contributed by atoms with Crippen molar-refractivity contribution >= 4 is 5.97 Å². The highest BCUT2D eigenvalue weighted by atomic mass is 16.4. The Labute approximate surface area is 69.8 Å². The van der Waals surface area contributed by atoms with Crippen molar-refractivity contribution in [1.82, 2.24) is 9.55 Å². The summed E-state index contributed by atoms with van der Waals surface area (Å²) in [4.78, 5) is 14.8. The SMILES string of the molecule is O=C(O)C1(n2ccnc2)CCC1. The molecule has 0 spiro atoms. The molecule has 1 aromatic rings. The van der Waals surface area contributed by atoms with E-state index in [9.17, 15) is 4.79 Å². The van der Waals surface area contributed by atoms with Crippen LogP contribution in [0, 0.1) is 0 Å². The fourth-order valence-electron chi connectivity index (χ4n) is 1.61. The molecule has 2 rings (SSSR count). The molecular formula is C8H10N2O2. The second kappa shape index (κ2) is 2.33. The third-order valence-electron chi connectivity index (χ3n) is 2.58. The summed E-state index contributed by atoms with van der Waals surface area (Å²) in [6.45, 7) is 0. The van der Waals surface area contributed by atoms with Crippen LogP contribution >= 0.6 is 0 Å². The number of nitrogens with zero attached hydrogens (tertiary/aromatic N) is 2. The summed E-state index contributed by atoms with van der Waals surface area (Å²) in [7, 11) is 0. The Hall–Kier alpha value is -1.32. The fourth-order valence-corrected chi connectivity index (χ4v) is 1.61. The van der Waals surface area contributed by atoms with Crippen LogP contribution in [0.2, 0.25) is 0 Å². The maximum absolute atomic E-state index is 11.0. The quantitative estimate of drug-likeness (QED) is 0.708. The van der Waals surface area contributed by atoms with Gasteiger partial charge in [0.1, 0.15) is 5.54 Å². The maximum Gasteiger partial charge on any atom is 0.329 e. The number of aliphatic carboxylic acids is 1. The number of carboxylic acid groups (broad SMARTS) is 1. The minimum absolute atomic E-state index is 0.684. The maximum atomic E-state index is 11.0. The van der Waals surface area contributed by atoms with E-state index in [-0.39, 0.29) is 0 Å². The first-order valence-corrected chi connectivity index (χ1v) is 3.97. The monoisotopic (exact) mass is 166 g/mol. The Bertz CT molecular complexity index is 288. The minimum atomic E-state index is -0.744. The predicted octanol–water partition coefficient (Wildman–Crippen LogP) is 0.847. The van der Waals surface area contributed by atoms with Crippen LogP contribution in [0.15, 0.2) is 18.7 Å². The standard InChI is InChI=1S/C8H10N2O2/c11-7(12)8(2-1-3-8)10-5-4-9-6-10/h4-6H,1-3H2,(H,11,12). The van der Waals surface area contributed by atoms with Crippen LogP contribution in [-0.2, 0) is 10.3 Å². The van der Waals surface area contributed by atoms with Crippen LogP contribution in [0.25, 0.3) is 0 Å². The van der Waals surface area contributed by atoms with E-state index in [2.05, 4.69) is 4.98 Å². The largest absolute Gasteiger partial charge is 0.479 e. The van der Waals surface area contributed by atoms with E-state index in [0.717, 1.165) is 19.3 Å². The molecule has 64 valence electrons. The Morgan fingerprint density at radius 3 is 2.67 bits per heavy atom. The molecule has 1 heterocycles. The average Bonchev–Trinajstić information content (AvgIpc) is 2.35. The van der Waals surface area contributed by atoms with Crippen LogP contribution in [0.5, 0.6) is 0 Å². The lowest BCUT2D eigenvalue weighted by molar-refractivity contribution is -0.152. The molecule has 0 unspecified atom stereocenters. The van der Waals surface area contributed by atoms with Gasteiger partial charge < -0.3 is 9.67 Å². The lowest BCUT2D eigenvalue weighted by Gasteiger charge is -2.38. The molecule has 0 aromatic carbocycles. The van der Waals surface area contributed by atoms with E-state index in [1.165, 1.54) is 0 Å². The second-order valence-electron chi connectivity index (χ2n) is 3.16. The zero-order valence-corrected chi connectivity index (χ0v) is 6.60. The zero-order valence-electron chi connectivity index (χ0n) is 6.60. The van der Waals surface area contributed by atoms with E-state index in [1.54, 1.807) is 23.3 Å². The van der Waals surface area contributed by atoms with Crippen molar-refractivity contribution in [3.8, 4) is 0 Å². The van der Waals surface area contributed by atoms with Gasteiger partial charge in [-0.1, -0.05) is 0 Å². The number of hydrogen-bond acceptors (Lipinski definition) is 2. The number of carbonyl (C=O) groups is 1. The first kappa shape index (κ1) is 7.34. The van der Waals surface area contributed by atoms with Crippen LogP contribution < -0.4 is 0 Å². The third kappa shape index (κ3) is 0.776. The number of rotatable bonds is 2. The summed E-state index contributed by atoms with van der Waals surface area (Å²) >= 11 is 0. The van der Waals surface area contributed by atoms with Crippen molar-refractivity contribution in [1.29, 1.82) is 0 Å². The molecule has 4 heteroatoms. The van der Waals surface area contributed by atoms with Gasteiger partial charge in [0.05, 0.1) is 6.33 Å². The van der Waals surface area contributed by atoms with Gasteiger partial charge in [0, 0.05) is 12.4 Å². The molecule has 1 aliphatic carbocycles. The Morgan fingerprint density at radius 1 is 1.58 bits per heavy atom. The van der Waals surface area contributed by atoms with Gasteiger partial charge >= 0.3 is 5.97 Å². The van der Waals surface area contributed by atoms with Gasteiger partial charge in [0.25, 0.3) is 0 Å². The summed E-state index contributed by atoms with van der Waals surface area (Å²) in [6.07, 6.45) is 7.34. The van der Waals surface area contributed by atoms with E-state index in [4.69, 9.17) is 5.11 Å². The van der Waals surface area contributed by atoms with E-state index >= 15 is 0 Å². The lowest BCUT2D eigenvalue weighted by atomic mass is 9.76. The molecular weight excluding hydrogens is 156 g/mol. The van der Waals surface area contributed by atoms with Gasteiger partial charge in [-0.3, -0.25) is 0 Å². The lowest BCUT2D eigenvalue weighted by Crippen LogP contribution is -2.47. The van der Waals surface area contributed by atoms with Crippen LogP contribution in [-0.4, -0.2) is 20.6 Å². The number of hydrogen-bond donors (Lipinski definition) is 1. The zero-order chi connectivity index (χ0) is 8.60. The molecule has 12 heavy (non-hydrogen) atoms. The molecule has 1 saturated carbocycles. The smallest absolute Gasteiger partial charge is 0.329 e. The van der Waals surface area contributed by atoms with Gasteiger partial charge in [-0.25, -0.2) is 9.78 Å². The Morgan fingerprint density at radius 2 is 2.33 bits per heavy atom. The average molecular weight is 166 g/mol. The van der Waals surface area contributed by atoms with Crippen molar-refractivity contribution in [3.05, 3.63) is 18.7 Å². The topological polar surface area (TPSA) is 55.1 Å². The molecule has 0 bridgehead atoms. The predicted molar refractivity (Wildman–Crippen MR) is 41.7 cm³/mol.